The highest BCUT2D eigenvalue weighted by Gasteiger charge is 2.22. The van der Waals surface area contributed by atoms with Gasteiger partial charge in [-0.3, -0.25) is 14.1 Å². The Balaban J connectivity index is 4.14. The molecule has 304 valence electrons. The lowest BCUT2D eigenvalue weighted by Crippen LogP contribution is -2.29. The molecule has 0 aliphatic rings. The zero-order valence-corrected chi connectivity index (χ0v) is 34.2. The van der Waals surface area contributed by atoms with E-state index in [-0.39, 0.29) is 19.4 Å². The van der Waals surface area contributed by atoms with Crippen LogP contribution in [0.15, 0.2) is 109 Å². The molecule has 0 aromatic carbocycles. The van der Waals surface area contributed by atoms with Crippen LogP contribution in [-0.2, 0) is 28.2 Å². The molecule has 0 spiro atoms. The van der Waals surface area contributed by atoms with Gasteiger partial charge in [0.15, 0.2) is 6.10 Å². The van der Waals surface area contributed by atoms with Crippen LogP contribution in [0.5, 0.6) is 0 Å². The van der Waals surface area contributed by atoms with E-state index in [0.717, 1.165) is 70.6 Å². The van der Waals surface area contributed by atoms with E-state index in [4.69, 9.17) is 19.3 Å². The number of carbonyl (C=O) groups excluding carboxylic acids is 2. The van der Waals surface area contributed by atoms with Gasteiger partial charge in [-0.05, 0) is 96.3 Å². The van der Waals surface area contributed by atoms with Crippen molar-refractivity contribution in [3.8, 4) is 0 Å². The Morgan fingerprint density at radius 3 is 1.35 bits per heavy atom. The summed E-state index contributed by atoms with van der Waals surface area (Å²) in [4.78, 5) is 42.8. The third-order valence-electron chi connectivity index (χ3n) is 7.78. The minimum atomic E-state index is -4.78. The summed E-state index contributed by atoms with van der Waals surface area (Å²) < 4.78 is 26.3. The molecule has 0 aliphatic heterocycles. The second kappa shape index (κ2) is 39.4. The molecule has 0 unspecified atom stereocenters. The van der Waals surface area contributed by atoms with Gasteiger partial charge in [-0.15, -0.1) is 0 Å². The summed E-state index contributed by atoms with van der Waals surface area (Å²) in [5.74, 6) is -1.00. The summed E-state index contributed by atoms with van der Waals surface area (Å²) in [6.07, 6.45) is 55.2. The summed E-state index contributed by atoms with van der Waals surface area (Å²) in [5.41, 5.74) is 0. The molecule has 0 radical (unpaired) electrons. The lowest BCUT2D eigenvalue weighted by Gasteiger charge is -2.18. The van der Waals surface area contributed by atoms with Crippen molar-refractivity contribution in [2.45, 2.75) is 148 Å². The number of esters is 2. The first-order valence-corrected chi connectivity index (χ1v) is 21.7. The molecule has 0 heterocycles. The minimum absolute atomic E-state index is 0.154. The Morgan fingerprint density at radius 1 is 0.500 bits per heavy atom. The van der Waals surface area contributed by atoms with Gasteiger partial charge < -0.3 is 19.3 Å². The van der Waals surface area contributed by atoms with E-state index in [2.05, 4.69) is 122 Å². The summed E-state index contributed by atoms with van der Waals surface area (Å²) >= 11 is 0. The van der Waals surface area contributed by atoms with Crippen LogP contribution in [0.4, 0.5) is 0 Å². The van der Waals surface area contributed by atoms with Crippen molar-refractivity contribution in [2.24, 2.45) is 0 Å². The summed E-state index contributed by atoms with van der Waals surface area (Å²) in [6, 6.07) is 0. The number of hydrogen-bond acceptors (Lipinski definition) is 6. The molecule has 0 amide bonds. The van der Waals surface area contributed by atoms with Crippen LogP contribution in [-0.4, -0.2) is 41.0 Å². The summed E-state index contributed by atoms with van der Waals surface area (Å²) in [5, 5.41) is 0. The van der Waals surface area contributed by atoms with Gasteiger partial charge in [0, 0.05) is 12.8 Å². The van der Waals surface area contributed by atoms with Crippen LogP contribution < -0.4 is 0 Å². The number of carbonyl (C=O) groups is 2. The maximum atomic E-state index is 12.4. The number of allylic oxidation sites excluding steroid dienone is 18. The molecule has 1 atom stereocenters. The van der Waals surface area contributed by atoms with Gasteiger partial charge in [-0.25, -0.2) is 4.57 Å². The molecule has 0 aromatic rings. The third-order valence-corrected chi connectivity index (χ3v) is 8.26. The van der Waals surface area contributed by atoms with Crippen LogP contribution >= 0.6 is 7.82 Å². The van der Waals surface area contributed by atoms with Crippen LogP contribution in [0.25, 0.3) is 0 Å². The lowest BCUT2D eigenvalue weighted by atomic mass is 10.1. The molecular weight excluding hydrogens is 699 g/mol. The summed E-state index contributed by atoms with van der Waals surface area (Å²) in [7, 11) is -4.78. The first-order valence-electron chi connectivity index (χ1n) is 20.2. The van der Waals surface area contributed by atoms with E-state index in [0.29, 0.717) is 19.3 Å². The van der Waals surface area contributed by atoms with Crippen molar-refractivity contribution in [1.29, 1.82) is 0 Å². The Bertz CT molecular complexity index is 1230. The lowest BCUT2D eigenvalue weighted by molar-refractivity contribution is -0.161. The van der Waals surface area contributed by atoms with Gasteiger partial charge >= 0.3 is 19.8 Å². The molecule has 8 nitrogen and oxygen atoms in total. The SMILES string of the molecule is CC/C=C\C/C=C\C/C=C\C/C=C\C/C=C\CCCCCC(=O)O[C@H](COC(=O)CCC/C=C\C/C=C\C/C=C\C/C=C\CCCCC)COP(=O)(O)O. The molecule has 9 heteroatoms. The van der Waals surface area contributed by atoms with Gasteiger partial charge in [-0.1, -0.05) is 142 Å². The molecule has 0 bridgehead atoms. The van der Waals surface area contributed by atoms with E-state index in [1.807, 2.05) is 6.08 Å². The molecule has 0 saturated carbocycles. The Hall–Kier alpha value is -3.29. The minimum Gasteiger partial charge on any atom is -0.462 e. The quantitative estimate of drug-likeness (QED) is 0.0283. The summed E-state index contributed by atoms with van der Waals surface area (Å²) in [6.45, 7) is 3.45. The van der Waals surface area contributed by atoms with Gasteiger partial charge in [-0.2, -0.15) is 0 Å². The first-order chi connectivity index (χ1) is 26.3. The standard InChI is InChI=1S/C45H71O8P/c1-3-5-7-9-11-13-15-17-19-21-22-24-26-28-30-32-34-36-38-40-45(47)53-43(42-52-54(48,49)50)41-51-44(46)39-37-35-33-31-29-27-25-23-20-18-16-14-12-10-8-6-4-2/h5,7,11-14,17-20,22,24-25,27-28,30-31,33,43H,3-4,6,8-10,15-16,21,23,26,29,32,34-42H2,1-2H3,(H2,48,49,50)/b7-5-,13-11-,14-12-,19-17-,20-18-,24-22-,27-25-,30-28-,33-31-/t43-/m1/s1. The van der Waals surface area contributed by atoms with Crippen molar-refractivity contribution < 1.29 is 37.9 Å². The highest BCUT2D eigenvalue weighted by Crippen LogP contribution is 2.36. The molecule has 0 aromatic heterocycles. The average Bonchev–Trinajstić information content (AvgIpc) is 3.14. The highest BCUT2D eigenvalue weighted by molar-refractivity contribution is 7.46. The Morgan fingerprint density at radius 2 is 0.907 bits per heavy atom. The van der Waals surface area contributed by atoms with Crippen molar-refractivity contribution in [2.75, 3.05) is 13.2 Å². The maximum absolute atomic E-state index is 12.4. The van der Waals surface area contributed by atoms with Crippen molar-refractivity contribution in [3.05, 3.63) is 109 Å². The van der Waals surface area contributed by atoms with Crippen molar-refractivity contribution >= 4 is 19.8 Å². The number of phosphoric ester groups is 1. The fourth-order valence-corrected chi connectivity index (χ4v) is 5.16. The Labute approximate surface area is 327 Å². The van der Waals surface area contributed by atoms with E-state index in [1.54, 1.807) is 0 Å². The van der Waals surface area contributed by atoms with Crippen molar-refractivity contribution in [1.82, 2.24) is 0 Å². The second-order valence-corrected chi connectivity index (χ2v) is 14.1. The van der Waals surface area contributed by atoms with E-state index in [9.17, 15) is 14.2 Å². The second-order valence-electron chi connectivity index (χ2n) is 12.9. The monoisotopic (exact) mass is 770 g/mol. The molecule has 0 saturated heterocycles. The molecule has 0 fully saturated rings. The highest BCUT2D eigenvalue weighted by atomic mass is 31.2. The number of rotatable bonds is 35. The third kappa shape index (κ3) is 41.5. The molecular formula is C45H71O8P. The van der Waals surface area contributed by atoms with E-state index in [1.165, 1.54) is 25.7 Å². The maximum Gasteiger partial charge on any atom is 0.469 e. The van der Waals surface area contributed by atoms with E-state index >= 15 is 0 Å². The smallest absolute Gasteiger partial charge is 0.462 e. The van der Waals surface area contributed by atoms with E-state index < -0.39 is 32.5 Å². The zero-order chi connectivity index (χ0) is 39.6. The fraction of sp³-hybridized carbons (Fsp3) is 0.556. The van der Waals surface area contributed by atoms with Crippen LogP contribution in [0.2, 0.25) is 0 Å². The van der Waals surface area contributed by atoms with Crippen molar-refractivity contribution in [3.63, 3.8) is 0 Å². The van der Waals surface area contributed by atoms with Crippen LogP contribution in [0.1, 0.15) is 142 Å². The molecule has 0 rings (SSSR count). The zero-order valence-electron chi connectivity index (χ0n) is 33.3. The van der Waals surface area contributed by atoms with Gasteiger partial charge in [0.1, 0.15) is 6.61 Å². The molecule has 0 aliphatic carbocycles. The number of ether oxygens (including phenoxy) is 2. The largest absolute Gasteiger partial charge is 0.469 e. The fourth-order valence-electron chi connectivity index (χ4n) is 4.80. The molecule has 54 heavy (non-hydrogen) atoms. The first kappa shape index (κ1) is 50.7. The van der Waals surface area contributed by atoms with Crippen LogP contribution in [0.3, 0.4) is 0 Å². The number of hydrogen-bond donors (Lipinski definition) is 2. The van der Waals surface area contributed by atoms with Gasteiger partial charge in [0.2, 0.25) is 0 Å². The van der Waals surface area contributed by atoms with Crippen LogP contribution in [0, 0.1) is 0 Å². The topological polar surface area (TPSA) is 119 Å². The normalized spacial score (nSPS) is 13.6. The predicted molar refractivity (Wildman–Crippen MR) is 225 cm³/mol. The predicted octanol–water partition coefficient (Wildman–Crippen LogP) is 12.4. The Kier molecular flexibility index (Phi) is 37.0. The average molecular weight is 771 g/mol. The van der Waals surface area contributed by atoms with Gasteiger partial charge in [0.25, 0.3) is 0 Å². The van der Waals surface area contributed by atoms with Gasteiger partial charge in [0.05, 0.1) is 6.61 Å². The molecule has 2 N–H and O–H groups in total. The number of unbranched alkanes of at least 4 members (excludes halogenated alkanes) is 7. The number of phosphoric acid groups is 1.